The van der Waals surface area contributed by atoms with Gasteiger partial charge in [-0.05, 0) is 18.6 Å². The third-order valence-electron chi connectivity index (χ3n) is 3.94. The Kier molecular flexibility index (Phi) is 4.04. The van der Waals surface area contributed by atoms with Crippen LogP contribution >= 0.6 is 0 Å². The molecule has 2 atom stereocenters. The first-order valence-electron chi connectivity index (χ1n) is 7.23. The lowest BCUT2D eigenvalue weighted by molar-refractivity contribution is -0.128. The Morgan fingerprint density at radius 3 is 3.18 bits per heavy atom. The molecule has 0 bridgehead atoms. The minimum atomic E-state index is -0.442. The average Bonchev–Trinajstić information content (AvgIpc) is 3.03. The normalized spacial score (nSPS) is 21.8. The first-order chi connectivity index (χ1) is 10.7. The molecule has 1 amide bonds. The van der Waals surface area contributed by atoms with Crippen LogP contribution in [0.5, 0.6) is 0 Å². The molecule has 7 heteroatoms. The Hall–Kier alpha value is -2.44. The molecule has 0 aliphatic carbocycles. The molecule has 2 aromatic heterocycles. The number of carbonyl (C=O) groups excluding carboxylic acids is 1. The van der Waals surface area contributed by atoms with Gasteiger partial charge >= 0.3 is 0 Å². The van der Waals surface area contributed by atoms with E-state index in [-0.39, 0.29) is 17.9 Å². The summed E-state index contributed by atoms with van der Waals surface area (Å²) in [6.07, 6.45) is 5.20. The van der Waals surface area contributed by atoms with Crippen molar-refractivity contribution in [3.05, 3.63) is 31.2 Å². The molecular weight excluding hydrogens is 285 g/mol. The number of aromatic nitrogens is 3. The molecule has 2 aromatic rings. The summed E-state index contributed by atoms with van der Waals surface area (Å²) >= 11 is 0. The average molecular weight is 303 g/mol. The fourth-order valence-electron chi connectivity index (χ4n) is 2.91. The molecule has 1 saturated heterocycles. The molecule has 0 saturated carbocycles. The molecule has 1 fully saturated rings. The van der Waals surface area contributed by atoms with Crippen LogP contribution in [0.25, 0.3) is 11.0 Å². The van der Waals surface area contributed by atoms with E-state index in [0.717, 1.165) is 11.0 Å². The van der Waals surface area contributed by atoms with Gasteiger partial charge in [0.1, 0.15) is 17.8 Å². The van der Waals surface area contributed by atoms with Gasteiger partial charge in [0.2, 0.25) is 5.91 Å². The quantitative estimate of drug-likeness (QED) is 0.844. The molecule has 116 valence electrons. The smallest absolute Gasteiger partial charge is 0.246 e. The summed E-state index contributed by atoms with van der Waals surface area (Å²) in [5.74, 6) is 0.361. The van der Waals surface area contributed by atoms with E-state index in [9.17, 15) is 9.18 Å². The van der Waals surface area contributed by atoms with Gasteiger partial charge in [-0.15, -0.1) is 0 Å². The van der Waals surface area contributed by atoms with E-state index >= 15 is 0 Å². The summed E-state index contributed by atoms with van der Waals surface area (Å²) in [5.41, 5.74) is 0.745. The Labute approximate surface area is 127 Å². The molecule has 0 aromatic carbocycles. The monoisotopic (exact) mass is 303 g/mol. The van der Waals surface area contributed by atoms with Gasteiger partial charge in [-0.3, -0.25) is 9.18 Å². The zero-order chi connectivity index (χ0) is 15.5. The second-order valence-corrected chi connectivity index (χ2v) is 5.51. The molecule has 6 nitrogen and oxygen atoms in total. The van der Waals surface area contributed by atoms with Crippen molar-refractivity contribution in [3.8, 4) is 0 Å². The van der Waals surface area contributed by atoms with E-state index in [2.05, 4.69) is 26.8 Å². The maximum Gasteiger partial charge on any atom is 0.246 e. The number of amides is 1. The van der Waals surface area contributed by atoms with Gasteiger partial charge in [-0.2, -0.15) is 0 Å². The highest BCUT2D eigenvalue weighted by Gasteiger charge is 2.29. The van der Waals surface area contributed by atoms with Crippen molar-refractivity contribution < 1.29 is 9.18 Å². The standard InChI is InChI=1S/C15H18FN5O/c1-2-13(22)21-7-10(6-16)5-11(8-21)20-15-12-3-4-17-14(12)18-9-19-15/h2-4,9-11H,1,5-8H2,(H2,17,18,19,20)/t10-,11-/m0/s1. The number of nitrogens with one attached hydrogen (secondary N) is 2. The van der Waals surface area contributed by atoms with Crippen molar-refractivity contribution >= 4 is 22.8 Å². The van der Waals surface area contributed by atoms with Crippen molar-refractivity contribution in [2.24, 2.45) is 5.92 Å². The van der Waals surface area contributed by atoms with E-state index in [1.165, 1.54) is 12.4 Å². The maximum absolute atomic E-state index is 13.1. The van der Waals surface area contributed by atoms with Crippen molar-refractivity contribution in [2.75, 3.05) is 25.1 Å². The number of hydrogen-bond donors (Lipinski definition) is 2. The molecule has 0 spiro atoms. The predicted molar refractivity (Wildman–Crippen MR) is 82.2 cm³/mol. The number of halogens is 1. The lowest BCUT2D eigenvalue weighted by atomic mass is 9.95. The van der Waals surface area contributed by atoms with Gasteiger partial charge in [0, 0.05) is 31.2 Å². The first-order valence-corrected chi connectivity index (χ1v) is 7.23. The lowest BCUT2D eigenvalue weighted by Gasteiger charge is -2.37. The molecule has 1 aliphatic rings. The SMILES string of the molecule is C=CC(=O)N1C[C@H](CF)C[C@H](Nc2ncnc3[nH]ccc23)C1. The van der Waals surface area contributed by atoms with Gasteiger partial charge in [-0.25, -0.2) is 9.97 Å². The number of H-pyrrole nitrogens is 1. The Bertz CT molecular complexity index is 685. The van der Waals surface area contributed by atoms with E-state index in [1.54, 1.807) is 11.1 Å². The molecule has 1 aliphatic heterocycles. The number of carbonyl (C=O) groups is 1. The minimum Gasteiger partial charge on any atom is -0.365 e. The molecule has 0 radical (unpaired) electrons. The van der Waals surface area contributed by atoms with Crippen molar-refractivity contribution in [3.63, 3.8) is 0 Å². The molecule has 22 heavy (non-hydrogen) atoms. The Morgan fingerprint density at radius 1 is 1.55 bits per heavy atom. The Balaban J connectivity index is 1.79. The summed E-state index contributed by atoms with van der Waals surface area (Å²) in [6.45, 7) is 4.00. The Morgan fingerprint density at radius 2 is 2.41 bits per heavy atom. The number of fused-ring (bicyclic) bond motifs is 1. The number of piperidine rings is 1. The van der Waals surface area contributed by atoms with Gasteiger partial charge in [-0.1, -0.05) is 6.58 Å². The molecule has 3 rings (SSSR count). The van der Waals surface area contributed by atoms with Crippen molar-refractivity contribution in [1.82, 2.24) is 19.9 Å². The third kappa shape index (κ3) is 2.79. The van der Waals surface area contributed by atoms with Crippen LogP contribution in [0.4, 0.5) is 10.2 Å². The van der Waals surface area contributed by atoms with Gasteiger partial charge in [0.15, 0.2) is 0 Å². The second kappa shape index (κ2) is 6.13. The summed E-state index contributed by atoms with van der Waals surface area (Å²) in [6, 6.07) is 1.84. The van der Waals surface area contributed by atoms with Crippen LogP contribution in [0.3, 0.4) is 0 Å². The van der Waals surface area contributed by atoms with Crippen LogP contribution in [0.1, 0.15) is 6.42 Å². The number of aromatic amines is 1. The maximum atomic E-state index is 13.1. The molecule has 2 N–H and O–H groups in total. The second-order valence-electron chi connectivity index (χ2n) is 5.51. The summed E-state index contributed by atoms with van der Waals surface area (Å²) in [4.78, 5) is 24.9. The zero-order valence-electron chi connectivity index (χ0n) is 12.1. The van der Waals surface area contributed by atoms with Crippen LogP contribution in [-0.4, -0.2) is 51.6 Å². The highest BCUT2D eigenvalue weighted by Crippen LogP contribution is 2.24. The van der Waals surface area contributed by atoms with Gasteiger partial charge in [0.05, 0.1) is 12.1 Å². The molecular formula is C15H18FN5O. The highest BCUT2D eigenvalue weighted by atomic mass is 19.1. The van der Waals surface area contributed by atoms with Crippen LogP contribution < -0.4 is 5.32 Å². The number of alkyl halides is 1. The van der Waals surface area contributed by atoms with Crippen LogP contribution in [0.15, 0.2) is 31.2 Å². The molecule has 3 heterocycles. The number of rotatable bonds is 4. The van der Waals surface area contributed by atoms with Crippen LogP contribution in [-0.2, 0) is 4.79 Å². The van der Waals surface area contributed by atoms with Crippen molar-refractivity contribution in [1.29, 1.82) is 0 Å². The van der Waals surface area contributed by atoms with Gasteiger partial charge < -0.3 is 15.2 Å². The lowest BCUT2D eigenvalue weighted by Crippen LogP contribution is -2.49. The number of nitrogens with zero attached hydrogens (tertiary/aromatic N) is 3. The fraction of sp³-hybridized carbons (Fsp3) is 0.400. The number of anilines is 1. The largest absolute Gasteiger partial charge is 0.365 e. The summed E-state index contributed by atoms with van der Waals surface area (Å²) in [5, 5.41) is 4.20. The highest BCUT2D eigenvalue weighted by molar-refractivity contribution is 5.88. The third-order valence-corrected chi connectivity index (χ3v) is 3.94. The number of likely N-dealkylation sites (tertiary alicyclic amines) is 1. The predicted octanol–water partition coefficient (Wildman–Crippen LogP) is 1.74. The van der Waals surface area contributed by atoms with E-state index < -0.39 is 6.67 Å². The zero-order valence-corrected chi connectivity index (χ0v) is 12.1. The topological polar surface area (TPSA) is 73.9 Å². The van der Waals surface area contributed by atoms with E-state index in [0.29, 0.717) is 25.3 Å². The van der Waals surface area contributed by atoms with Crippen LogP contribution in [0, 0.1) is 5.92 Å². The van der Waals surface area contributed by atoms with Crippen LogP contribution in [0.2, 0.25) is 0 Å². The molecule has 0 unspecified atom stereocenters. The van der Waals surface area contributed by atoms with E-state index in [1.807, 2.05) is 6.07 Å². The van der Waals surface area contributed by atoms with Crippen molar-refractivity contribution in [2.45, 2.75) is 12.5 Å². The summed E-state index contributed by atoms with van der Waals surface area (Å²) in [7, 11) is 0. The number of hydrogen-bond acceptors (Lipinski definition) is 4. The summed E-state index contributed by atoms with van der Waals surface area (Å²) < 4.78 is 13.1. The van der Waals surface area contributed by atoms with Gasteiger partial charge in [0.25, 0.3) is 0 Å². The fourth-order valence-corrected chi connectivity index (χ4v) is 2.91. The van der Waals surface area contributed by atoms with E-state index in [4.69, 9.17) is 0 Å². The first kappa shape index (κ1) is 14.5. The minimum absolute atomic E-state index is 0.0496.